The van der Waals surface area contributed by atoms with Crippen LogP contribution in [0.3, 0.4) is 0 Å². The minimum atomic E-state index is -1.18. The van der Waals surface area contributed by atoms with E-state index in [4.69, 9.17) is 5.11 Å². The van der Waals surface area contributed by atoms with E-state index in [2.05, 4.69) is 26.6 Å². The van der Waals surface area contributed by atoms with Crippen molar-refractivity contribution in [1.82, 2.24) is 5.32 Å². The van der Waals surface area contributed by atoms with Crippen molar-refractivity contribution in [1.29, 1.82) is 0 Å². The minimum Gasteiger partial charge on any atom is -0.480 e. The number of carbonyl (C=O) groups is 2. The van der Waals surface area contributed by atoms with E-state index in [9.17, 15) is 18.4 Å². The molecule has 0 aliphatic heterocycles. The van der Waals surface area contributed by atoms with Crippen LogP contribution in [0.2, 0.25) is 0 Å². The molecule has 5 nitrogen and oxygen atoms in total. The maximum Gasteiger partial charge on any atom is 0.326 e. The SMILES string of the molecule is CCC(C)C(NC(=O)Nc1c(F)cc(F)cc1Br)C(=O)O. The number of anilines is 1. The van der Waals surface area contributed by atoms with Gasteiger partial charge in [0, 0.05) is 10.5 Å². The second-order valence-corrected chi connectivity index (χ2v) is 5.40. The lowest BCUT2D eigenvalue weighted by Gasteiger charge is -2.20. The number of amides is 2. The zero-order valence-electron chi connectivity index (χ0n) is 11.4. The molecule has 0 fully saturated rings. The van der Waals surface area contributed by atoms with Crippen LogP contribution in [0.15, 0.2) is 16.6 Å². The minimum absolute atomic E-state index is 0.0190. The van der Waals surface area contributed by atoms with Gasteiger partial charge in [0.05, 0.1) is 5.69 Å². The molecule has 0 bridgehead atoms. The van der Waals surface area contributed by atoms with Crippen LogP contribution in [0.5, 0.6) is 0 Å². The van der Waals surface area contributed by atoms with Crippen LogP contribution in [-0.4, -0.2) is 23.1 Å². The first-order chi connectivity index (χ1) is 9.76. The molecule has 0 aromatic heterocycles. The molecule has 1 rings (SSSR count). The van der Waals surface area contributed by atoms with Crippen molar-refractivity contribution in [3.05, 3.63) is 28.2 Å². The number of rotatable bonds is 5. The highest BCUT2D eigenvalue weighted by Gasteiger charge is 2.25. The molecule has 0 saturated heterocycles. The number of carboxylic acid groups (broad SMARTS) is 1. The average molecular weight is 365 g/mol. The summed E-state index contributed by atoms with van der Waals surface area (Å²) in [5, 5.41) is 13.5. The van der Waals surface area contributed by atoms with Gasteiger partial charge in [0.15, 0.2) is 5.82 Å². The molecule has 2 atom stereocenters. The molecule has 0 aliphatic rings. The van der Waals surface area contributed by atoms with Crippen molar-refractivity contribution in [3.63, 3.8) is 0 Å². The third-order valence-electron chi connectivity index (χ3n) is 3.01. The molecule has 0 saturated carbocycles. The monoisotopic (exact) mass is 364 g/mol. The maximum atomic E-state index is 13.6. The predicted molar refractivity (Wildman–Crippen MR) is 77.1 cm³/mol. The van der Waals surface area contributed by atoms with Crippen molar-refractivity contribution in [2.24, 2.45) is 5.92 Å². The van der Waals surface area contributed by atoms with Crippen LogP contribution in [0, 0.1) is 17.6 Å². The van der Waals surface area contributed by atoms with E-state index >= 15 is 0 Å². The summed E-state index contributed by atoms with van der Waals surface area (Å²) in [5.74, 6) is -3.24. The molecule has 2 amide bonds. The number of carboxylic acids is 1. The predicted octanol–water partition coefficient (Wildman–Crippen LogP) is 3.35. The first-order valence-corrected chi connectivity index (χ1v) is 7.00. The van der Waals surface area contributed by atoms with E-state index in [-0.39, 0.29) is 16.1 Å². The molecule has 2 unspecified atom stereocenters. The van der Waals surface area contributed by atoms with Crippen LogP contribution < -0.4 is 10.6 Å². The molecule has 1 aromatic rings. The highest BCUT2D eigenvalue weighted by atomic mass is 79.9. The van der Waals surface area contributed by atoms with Gasteiger partial charge in [-0.05, 0) is 27.9 Å². The quantitative estimate of drug-likeness (QED) is 0.749. The smallest absolute Gasteiger partial charge is 0.326 e. The molecular weight excluding hydrogens is 350 g/mol. The molecule has 8 heteroatoms. The number of benzene rings is 1. The van der Waals surface area contributed by atoms with Crippen molar-refractivity contribution in [2.45, 2.75) is 26.3 Å². The standard InChI is InChI=1S/C13H15BrF2N2O3/c1-3-6(2)10(12(19)20)17-13(21)18-11-8(14)4-7(15)5-9(11)16/h4-6,10H,3H2,1-2H3,(H,19,20)(H2,17,18,21). The molecule has 0 aliphatic carbocycles. The summed E-state index contributed by atoms with van der Waals surface area (Å²) in [7, 11) is 0. The first kappa shape index (κ1) is 17.4. The van der Waals surface area contributed by atoms with Crippen molar-refractivity contribution >= 4 is 33.6 Å². The van der Waals surface area contributed by atoms with Gasteiger partial charge in [-0.1, -0.05) is 20.3 Å². The Hall–Kier alpha value is -1.70. The van der Waals surface area contributed by atoms with Crippen molar-refractivity contribution < 1.29 is 23.5 Å². The summed E-state index contributed by atoms with van der Waals surface area (Å²) in [5.41, 5.74) is -0.262. The number of carbonyl (C=O) groups excluding carboxylic acids is 1. The third kappa shape index (κ3) is 4.66. The van der Waals surface area contributed by atoms with Crippen LogP contribution >= 0.6 is 15.9 Å². The van der Waals surface area contributed by atoms with Gasteiger partial charge in [-0.3, -0.25) is 0 Å². The fourth-order valence-electron chi connectivity index (χ4n) is 1.64. The molecule has 1 aromatic carbocycles. The molecule has 0 radical (unpaired) electrons. The van der Waals surface area contributed by atoms with E-state index in [0.29, 0.717) is 12.5 Å². The van der Waals surface area contributed by atoms with E-state index in [0.717, 1.165) is 6.07 Å². The van der Waals surface area contributed by atoms with Gasteiger partial charge in [0.2, 0.25) is 0 Å². The van der Waals surface area contributed by atoms with Gasteiger partial charge in [-0.25, -0.2) is 18.4 Å². The van der Waals surface area contributed by atoms with Crippen LogP contribution in [0.25, 0.3) is 0 Å². The molecular formula is C13H15BrF2N2O3. The highest BCUT2D eigenvalue weighted by Crippen LogP contribution is 2.26. The Bertz CT molecular complexity index is 531. The summed E-state index contributed by atoms with van der Waals surface area (Å²) < 4.78 is 26.5. The zero-order valence-corrected chi connectivity index (χ0v) is 13.0. The first-order valence-electron chi connectivity index (χ1n) is 6.21. The lowest BCUT2D eigenvalue weighted by atomic mass is 9.99. The fourth-order valence-corrected chi connectivity index (χ4v) is 2.14. The number of hydrogen-bond acceptors (Lipinski definition) is 2. The Morgan fingerprint density at radius 3 is 2.48 bits per heavy atom. The maximum absolute atomic E-state index is 13.6. The Morgan fingerprint density at radius 1 is 1.38 bits per heavy atom. The second kappa shape index (κ2) is 7.35. The van der Waals surface area contributed by atoms with Gasteiger partial charge in [-0.15, -0.1) is 0 Å². The third-order valence-corrected chi connectivity index (χ3v) is 3.64. The normalized spacial score (nSPS) is 13.4. The zero-order chi connectivity index (χ0) is 16.2. The molecule has 0 heterocycles. The Labute approximate surface area is 128 Å². The van der Waals surface area contributed by atoms with Gasteiger partial charge >= 0.3 is 12.0 Å². The van der Waals surface area contributed by atoms with Crippen LogP contribution in [0.4, 0.5) is 19.3 Å². The summed E-state index contributed by atoms with van der Waals surface area (Å²) >= 11 is 2.93. The number of hydrogen-bond donors (Lipinski definition) is 3. The lowest BCUT2D eigenvalue weighted by Crippen LogP contribution is -2.46. The Balaban J connectivity index is 2.84. The summed E-state index contributed by atoms with van der Waals surface area (Å²) in [6, 6.07) is -0.377. The number of urea groups is 1. The summed E-state index contributed by atoms with van der Waals surface area (Å²) in [6.45, 7) is 3.46. The summed E-state index contributed by atoms with van der Waals surface area (Å²) in [4.78, 5) is 22.9. The Morgan fingerprint density at radius 2 is 2.00 bits per heavy atom. The van der Waals surface area contributed by atoms with E-state index in [1.54, 1.807) is 13.8 Å². The van der Waals surface area contributed by atoms with Gasteiger partial charge in [0.1, 0.15) is 11.9 Å². The average Bonchev–Trinajstić information content (AvgIpc) is 2.39. The highest BCUT2D eigenvalue weighted by molar-refractivity contribution is 9.10. The molecule has 21 heavy (non-hydrogen) atoms. The lowest BCUT2D eigenvalue weighted by molar-refractivity contribution is -0.140. The van der Waals surface area contributed by atoms with Crippen molar-refractivity contribution in [3.8, 4) is 0 Å². The van der Waals surface area contributed by atoms with Crippen molar-refractivity contribution in [2.75, 3.05) is 5.32 Å². The largest absolute Gasteiger partial charge is 0.480 e. The summed E-state index contributed by atoms with van der Waals surface area (Å²) in [6.07, 6.45) is 0.547. The van der Waals surface area contributed by atoms with Crippen LogP contribution in [0.1, 0.15) is 20.3 Å². The van der Waals surface area contributed by atoms with E-state index in [1.807, 2.05) is 0 Å². The van der Waals surface area contributed by atoms with Crippen LogP contribution in [-0.2, 0) is 4.79 Å². The number of nitrogens with one attached hydrogen (secondary N) is 2. The molecule has 116 valence electrons. The molecule has 0 spiro atoms. The fraction of sp³-hybridized carbons (Fsp3) is 0.385. The van der Waals surface area contributed by atoms with Gasteiger partial charge < -0.3 is 15.7 Å². The van der Waals surface area contributed by atoms with Gasteiger partial charge in [-0.2, -0.15) is 0 Å². The second-order valence-electron chi connectivity index (χ2n) is 4.54. The topological polar surface area (TPSA) is 78.4 Å². The van der Waals surface area contributed by atoms with E-state index < -0.39 is 29.7 Å². The van der Waals surface area contributed by atoms with Gasteiger partial charge in [0.25, 0.3) is 0 Å². The van der Waals surface area contributed by atoms with E-state index in [1.165, 1.54) is 0 Å². The number of halogens is 3. The number of aliphatic carboxylic acids is 1. The molecule has 3 N–H and O–H groups in total. The Kier molecular flexibility index (Phi) is 6.07.